The van der Waals surface area contributed by atoms with E-state index in [1.54, 1.807) is 0 Å². The summed E-state index contributed by atoms with van der Waals surface area (Å²) in [7, 11) is 0. The molecule has 5 N–H and O–H groups in total. The molecule has 1 heterocycles. The van der Waals surface area contributed by atoms with E-state index in [9.17, 15) is 22.4 Å². The number of hydrogen-bond acceptors (Lipinski definition) is 7. The lowest BCUT2D eigenvalue weighted by Gasteiger charge is -2.11. The minimum Gasteiger partial charge on any atom is -0.403 e. The average Bonchev–Trinajstić information content (AvgIpc) is 2.71. The van der Waals surface area contributed by atoms with Gasteiger partial charge in [0.05, 0.1) is 11.9 Å². The van der Waals surface area contributed by atoms with Crippen LogP contribution in [0, 0.1) is 23.3 Å². The van der Waals surface area contributed by atoms with Gasteiger partial charge in [-0.15, -0.1) is 0 Å². The van der Waals surface area contributed by atoms with E-state index in [4.69, 9.17) is 5.73 Å². The van der Waals surface area contributed by atoms with Crippen LogP contribution >= 0.6 is 0 Å². The van der Waals surface area contributed by atoms with E-state index in [1.807, 2.05) is 13.8 Å². The molecule has 31 heavy (non-hydrogen) atoms. The van der Waals surface area contributed by atoms with Crippen LogP contribution < -0.4 is 21.7 Å². The number of amides is 1. The van der Waals surface area contributed by atoms with E-state index in [2.05, 4.69) is 30.9 Å². The Balaban J connectivity index is 2.06. The fourth-order valence-corrected chi connectivity index (χ4v) is 2.30. The molecule has 1 aromatic carbocycles. The molecule has 0 aliphatic heterocycles. The van der Waals surface area contributed by atoms with Crippen molar-refractivity contribution >= 4 is 23.9 Å². The second-order valence-corrected chi connectivity index (χ2v) is 6.50. The van der Waals surface area contributed by atoms with Crippen LogP contribution in [0.25, 0.3) is 0 Å². The molecule has 0 aliphatic rings. The van der Waals surface area contributed by atoms with E-state index in [0.29, 0.717) is 6.07 Å². The van der Waals surface area contributed by atoms with E-state index in [1.165, 1.54) is 6.21 Å². The summed E-state index contributed by atoms with van der Waals surface area (Å²) < 4.78 is 54.7. The summed E-state index contributed by atoms with van der Waals surface area (Å²) in [6, 6.07) is 1.38. The van der Waals surface area contributed by atoms with Gasteiger partial charge in [-0.1, -0.05) is 0 Å². The fraction of sp³-hybridized carbons (Fsp3) is 0.263. The van der Waals surface area contributed by atoms with Crippen molar-refractivity contribution in [2.24, 2.45) is 10.7 Å². The van der Waals surface area contributed by atoms with E-state index >= 15 is 0 Å². The number of allylic oxidation sites excluding steroid dienone is 1. The number of carbonyl (C=O) groups is 1. The minimum absolute atomic E-state index is 0.0294. The third-order valence-electron chi connectivity index (χ3n) is 3.67. The van der Waals surface area contributed by atoms with Gasteiger partial charge in [-0.25, -0.2) is 22.5 Å². The molecular formula is C19H21F4N7O. The van der Waals surface area contributed by atoms with Crippen LogP contribution in [0.15, 0.2) is 35.2 Å². The molecule has 12 heteroatoms. The SMILES string of the molecule is CC(C)NC(=O)CN=CC(=CN)Nc1ncc(F)c(NCc2c(F)ccc(F)c2F)n1. The maximum atomic E-state index is 14.0. The molecule has 2 aromatic rings. The first-order valence-corrected chi connectivity index (χ1v) is 9.08. The molecule has 0 bridgehead atoms. The van der Waals surface area contributed by atoms with Crippen molar-refractivity contribution in [2.75, 3.05) is 17.2 Å². The third-order valence-corrected chi connectivity index (χ3v) is 3.67. The van der Waals surface area contributed by atoms with Gasteiger partial charge in [0.25, 0.3) is 0 Å². The molecule has 1 amide bonds. The van der Waals surface area contributed by atoms with E-state index in [0.717, 1.165) is 18.5 Å². The molecule has 0 aliphatic carbocycles. The number of nitrogens with two attached hydrogens (primary N) is 1. The first-order valence-electron chi connectivity index (χ1n) is 9.08. The Kier molecular flexibility index (Phi) is 8.29. The number of carbonyl (C=O) groups excluding carboxylic acids is 1. The van der Waals surface area contributed by atoms with Crippen LogP contribution in [-0.2, 0) is 11.3 Å². The predicted octanol–water partition coefficient (Wildman–Crippen LogP) is 2.45. The Morgan fingerprint density at radius 2 is 1.90 bits per heavy atom. The number of aliphatic imine (C=N–C) groups is 1. The van der Waals surface area contributed by atoms with Gasteiger partial charge in [-0.05, 0) is 26.0 Å². The summed E-state index contributed by atoms with van der Waals surface area (Å²) in [6.45, 7) is 2.92. The van der Waals surface area contributed by atoms with Crippen molar-refractivity contribution in [3.8, 4) is 0 Å². The zero-order valence-corrected chi connectivity index (χ0v) is 16.7. The summed E-state index contributed by atoms with van der Waals surface area (Å²) in [5.41, 5.74) is 5.08. The van der Waals surface area contributed by atoms with Crippen molar-refractivity contribution in [3.05, 3.63) is 59.1 Å². The Morgan fingerprint density at radius 3 is 2.58 bits per heavy atom. The van der Waals surface area contributed by atoms with Gasteiger partial charge in [0, 0.05) is 30.6 Å². The molecule has 0 radical (unpaired) electrons. The van der Waals surface area contributed by atoms with Gasteiger partial charge in [0.1, 0.15) is 12.4 Å². The molecule has 0 saturated carbocycles. The molecule has 8 nitrogen and oxygen atoms in total. The fourth-order valence-electron chi connectivity index (χ4n) is 2.30. The van der Waals surface area contributed by atoms with Crippen molar-refractivity contribution in [2.45, 2.75) is 26.4 Å². The molecule has 0 saturated heterocycles. The molecule has 0 unspecified atom stereocenters. The van der Waals surface area contributed by atoms with E-state index < -0.39 is 35.4 Å². The molecule has 0 spiro atoms. The van der Waals surface area contributed by atoms with Gasteiger partial charge < -0.3 is 21.7 Å². The zero-order chi connectivity index (χ0) is 23.0. The number of rotatable bonds is 9. The average molecular weight is 439 g/mol. The molecule has 166 valence electrons. The minimum atomic E-state index is -1.38. The Morgan fingerprint density at radius 1 is 1.19 bits per heavy atom. The summed E-state index contributed by atoms with van der Waals surface area (Å²) in [4.78, 5) is 23.1. The van der Waals surface area contributed by atoms with Crippen LogP contribution in [0.2, 0.25) is 0 Å². The summed E-state index contributed by atoms with van der Waals surface area (Å²) in [6.07, 6.45) is 3.20. The van der Waals surface area contributed by atoms with Gasteiger partial charge in [-0.3, -0.25) is 9.79 Å². The van der Waals surface area contributed by atoms with E-state index in [-0.39, 0.29) is 36.0 Å². The van der Waals surface area contributed by atoms with Gasteiger partial charge in [0.2, 0.25) is 11.9 Å². The lowest BCUT2D eigenvalue weighted by molar-refractivity contribution is -0.120. The summed E-state index contributed by atoms with van der Waals surface area (Å²) in [5.74, 6) is -5.30. The van der Waals surface area contributed by atoms with Crippen molar-refractivity contribution in [1.82, 2.24) is 15.3 Å². The largest absolute Gasteiger partial charge is 0.403 e. The zero-order valence-electron chi connectivity index (χ0n) is 16.7. The maximum absolute atomic E-state index is 14.0. The quantitative estimate of drug-likeness (QED) is 0.271. The van der Waals surface area contributed by atoms with Gasteiger partial charge in [-0.2, -0.15) is 4.98 Å². The summed E-state index contributed by atoms with van der Waals surface area (Å²) in [5, 5.41) is 7.72. The third kappa shape index (κ3) is 6.94. The Bertz CT molecular complexity index is 995. The standard InChI is InChI=1S/C19H21F4N7O/c1-10(2)28-16(31)9-25-6-11(5-24)29-19-27-8-15(22)18(30-19)26-7-12-13(20)3-4-14(21)17(12)23/h3-6,8,10H,7,9,24H2,1-2H3,(H,28,31)(H2,26,27,29,30). The first kappa shape index (κ1) is 23.6. The second kappa shape index (κ2) is 10.9. The van der Waals surface area contributed by atoms with Gasteiger partial charge >= 0.3 is 0 Å². The number of nitrogens with one attached hydrogen (secondary N) is 3. The first-order chi connectivity index (χ1) is 14.7. The normalized spacial score (nSPS) is 11.8. The van der Waals surface area contributed by atoms with Crippen LogP contribution in [0.5, 0.6) is 0 Å². The smallest absolute Gasteiger partial charge is 0.241 e. The van der Waals surface area contributed by atoms with Crippen molar-refractivity contribution < 1.29 is 22.4 Å². The molecule has 0 fully saturated rings. The van der Waals surface area contributed by atoms with Crippen LogP contribution in [0.3, 0.4) is 0 Å². The number of hydrogen-bond donors (Lipinski definition) is 4. The highest BCUT2D eigenvalue weighted by Gasteiger charge is 2.15. The number of halogens is 4. The molecule has 0 atom stereocenters. The second-order valence-electron chi connectivity index (χ2n) is 6.50. The number of nitrogens with zero attached hydrogens (tertiary/aromatic N) is 3. The highest BCUT2D eigenvalue weighted by molar-refractivity contribution is 5.85. The van der Waals surface area contributed by atoms with Crippen molar-refractivity contribution in [1.29, 1.82) is 0 Å². The number of anilines is 2. The molecular weight excluding hydrogens is 418 g/mol. The lowest BCUT2D eigenvalue weighted by atomic mass is 10.2. The highest BCUT2D eigenvalue weighted by atomic mass is 19.2. The monoisotopic (exact) mass is 439 g/mol. The maximum Gasteiger partial charge on any atom is 0.241 e. The van der Waals surface area contributed by atoms with Crippen molar-refractivity contribution in [3.63, 3.8) is 0 Å². The topological polar surface area (TPSA) is 117 Å². The van der Waals surface area contributed by atoms with Crippen LogP contribution in [0.4, 0.5) is 29.3 Å². The predicted molar refractivity (Wildman–Crippen MR) is 108 cm³/mol. The highest BCUT2D eigenvalue weighted by Crippen LogP contribution is 2.19. The molecule has 2 rings (SSSR count). The summed E-state index contributed by atoms with van der Waals surface area (Å²) >= 11 is 0. The Labute approximate surface area is 175 Å². The Hall–Kier alpha value is -3.70. The number of aromatic nitrogens is 2. The van der Waals surface area contributed by atoms with Crippen LogP contribution in [-0.4, -0.2) is 34.7 Å². The van der Waals surface area contributed by atoms with Crippen LogP contribution in [0.1, 0.15) is 19.4 Å². The number of benzene rings is 1. The van der Waals surface area contributed by atoms with Gasteiger partial charge in [0.15, 0.2) is 23.3 Å². The molecule has 1 aromatic heterocycles. The lowest BCUT2D eigenvalue weighted by Crippen LogP contribution is -2.31.